The highest BCUT2D eigenvalue weighted by molar-refractivity contribution is 8.00. The first-order valence-electron chi connectivity index (χ1n) is 8.45. The van der Waals surface area contributed by atoms with E-state index >= 15 is 0 Å². The summed E-state index contributed by atoms with van der Waals surface area (Å²) in [6, 6.07) is 11.6. The van der Waals surface area contributed by atoms with Gasteiger partial charge in [0.1, 0.15) is 11.1 Å². The lowest BCUT2D eigenvalue weighted by molar-refractivity contribution is -0.128. The van der Waals surface area contributed by atoms with Crippen molar-refractivity contribution < 1.29 is 23.7 Å². The molecule has 1 heterocycles. The molecule has 0 bridgehead atoms. The Kier molecular flexibility index (Phi) is 6.01. The van der Waals surface area contributed by atoms with Gasteiger partial charge in [0, 0.05) is 6.54 Å². The van der Waals surface area contributed by atoms with Crippen LogP contribution in [0.25, 0.3) is 0 Å². The first kappa shape index (κ1) is 19.2. The number of hydrogen-bond acceptors (Lipinski definition) is 6. The third-order valence-corrected chi connectivity index (χ3v) is 5.68. The first-order valence-corrected chi connectivity index (χ1v) is 9.50. The van der Waals surface area contributed by atoms with Crippen LogP contribution in [0.2, 0.25) is 0 Å². The van der Waals surface area contributed by atoms with Crippen molar-refractivity contribution in [3.05, 3.63) is 47.5 Å². The molecule has 1 saturated heterocycles. The van der Waals surface area contributed by atoms with E-state index in [0.717, 1.165) is 16.9 Å². The quantitative estimate of drug-likeness (QED) is 0.723. The molecule has 3 rings (SSSR count). The minimum absolute atomic E-state index is 0.0632. The number of carbonyl (C=O) groups excluding carboxylic acids is 1. The SMILES string of the molecule is COc1cccc(C2SCC(=O)N2Cc2cc(OC)c(OC)c(OC)c2)c1. The van der Waals surface area contributed by atoms with Crippen LogP contribution in [0.5, 0.6) is 23.0 Å². The molecule has 7 heteroatoms. The van der Waals surface area contributed by atoms with E-state index in [4.69, 9.17) is 18.9 Å². The Balaban J connectivity index is 1.91. The molecule has 1 fully saturated rings. The number of amides is 1. The summed E-state index contributed by atoms with van der Waals surface area (Å²) >= 11 is 1.61. The number of benzene rings is 2. The molecule has 144 valence electrons. The molecule has 0 spiro atoms. The van der Waals surface area contributed by atoms with E-state index in [0.29, 0.717) is 29.5 Å². The van der Waals surface area contributed by atoms with Crippen LogP contribution in [0.3, 0.4) is 0 Å². The van der Waals surface area contributed by atoms with Gasteiger partial charge in [-0.15, -0.1) is 11.8 Å². The molecule has 2 aromatic rings. The lowest BCUT2D eigenvalue weighted by atomic mass is 10.1. The van der Waals surface area contributed by atoms with E-state index in [1.54, 1.807) is 40.2 Å². The molecule has 1 aliphatic heterocycles. The van der Waals surface area contributed by atoms with Gasteiger partial charge >= 0.3 is 0 Å². The molecule has 0 radical (unpaired) electrons. The molecular formula is C20H23NO5S. The maximum absolute atomic E-state index is 12.5. The molecule has 1 aliphatic rings. The fraction of sp³-hybridized carbons (Fsp3) is 0.350. The third-order valence-electron chi connectivity index (χ3n) is 4.42. The van der Waals surface area contributed by atoms with Gasteiger partial charge in [0.15, 0.2) is 11.5 Å². The number of carbonyl (C=O) groups is 1. The van der Waals surface area contributed by atoms with Crippen LogP contribution in [-0.2, 0) is 11.3 Å². The molecule has 1 unspecified atom stereocenters. The minimum atomic E-state index is -0.0632. The Morgan fingerprint density at radius 2 is 1.70 bits per heavy atom. The zero-order valence-corrected chi connectivity index (χ0v) is 16.7. The average molecular weight is 389 g/mol. The number of rotatable bonds is 7. The van der Waals surface area contributed by atoms with Gasteiger partial charge in [-0.25, -0.2) is 0 Å². The van der Waals surface area contributed by atoms with E-state index in [2.05, 4.69) is 0 Å². The van der Waals surface area contributed by atoms with Gasteiger partial charge in [0.25, 0.3) is 0 Å². The fourth-order valence-corrected chi connectivity index (χ4v) is 4.30. The zero-order valence-electron chi connectivity index (χ0n) is 15.9. The Morgan fingerprint density at radius 1 is 1.00 bits per heavy atom. The second-order valence-electron chi connectivity index (χ2n) is 6.00. The van der Waals surface area contributed by atoms with Gasteiger partial charge in [-0.05, 0) is 35.4 Å². The van der Waals surface area contributed by atoms with Gasteiger partial charge in [-0.3, -0.25) is 4.79 Å². The second-order valence-corrected chi connectivity index (χ2v) is 7.06. The predicted octanol–water partition coefficient (Wildman–Crippen LogP) is 3.50. The second kappa shape index (κ2) is 8.43. The molecule has 27 heavy (non-hydrogen) atoms. The van der Waals surface area contributed by atoms with Crippen LogP contribution in [0.1, 0.15) is 16.5 Å². The van der Waals surface area contributed by atoms with E-state index < -0.39 is 0 Å². The highest BCUT2D eigenvalue weighted by Crippen LogP contribution is 2.43. The standard InChI is InChI=1S/C20H23NO5S/c1-23-15-7-5-6-14(10-15)20-21(18(22)12-27-20)11-13-8-16(24-2)19(26-4)17(9-13)25-3/h5-10,20H,11-12H2,1-4H3. The number of nitrogens with zero attached hydrogens (tertiary/aromatic N) is 1. The van der Waals surface area contributed by atoms with Gasteiger partial charge in [-0.2, -0.15) is 0 Å². The van der Waals surface area contributed by atoms with E-state index in [-0.39, 0.29) is 11.3 Å². The van der Waals surface area contributed by atoms with E-state index in [1.807, 2.05) is 41.3 Å². The van der Waals surface area contributed by atoms with E-state index in [9.17, 15) is 4.79 Å². The summed E-state index contributed by atoms with van der Waals surface area (Å²) < 4.78 is 21.5. The fourth-order valence-electron chi connectivity index (χ4n) is 3.12. The van der Waals surface area contributed by atoms with Crippen LogP contribution in [0, 0.1) is 0 Å². The monoisotopic (exact) mass is 389 g/mol. The average Bonchev–Trinajstić information content (AvgIpc) is 3.07. The molecule has 6 nitrogen and oxygen atoms in total. The Bertz CT molecular complexity index is 801. The molecule has 0 aromatic heterocycles. The summed E-state index contributed by atoms with van der Waals surface area (Å²) in [5, 5.41) is -0.0632. The Labute approximate surface area is 163 Å². The number of ether oxygens (including phenoxy) is 4. The van der Waals surface area contributed by atoms with Gasteiger partial charge in [0.05, 0.1) is 34.2 Å². The van der Waals surface area contributed by atoms with Gasteiger partial charge < -0.3 is 23.8 Å². The Morgan fingerprint density at radius 3 is 2.30 bits per heavy atom. The normalized spacial score (nSPS) is 16.4. The van der Waals surface area contributed by atoms with Crippen molar-refractivity contribution in [3.8, 4) is 23.0 Å². The summed E-state index contributed by atoms with van der Waals surface area (Å²) in [4.78, 5) is 14.4. The topological polar surface area (TPSA) is 57.2 Å². The van der Waals surface area contributed by atoms with Crippen molar-refractivity contribution in [2.45, 2.75) is 11.9 Å². The molecule has 0 saturated carbocycles. The molecule has 2 aromatic carbocycles. The maximum Gasteiger partial charge on any atom is 0.234 e. The van der Waals surface area contributed by atoms with Crippen molar-refractivity contribution in [3.63, 3.8) is 0 Å². The largest absolute Gasteiger partial charge is 0.497 e. The number of methoxy groups -OCH3 is 4. The summed E-state index contributed by atoms with van der Waals surface area (Å²) in [5.74, 6) is 3.01. The van der Waals surface area contributed by atoms with Gasteiger partial charge in [0.2, 0.25) is 11.7 Å². The summed E-state index contributed by atoms with van der Waals surface area (Å²) in [5.41, 5.74) is 1.95. The van der Waals surface area contributed by atoms with E-state index in [1.165, 1.54) is 0 Å². The summed E-state index contributed by atoms with van der Waals surface area (Å²) in [6.45, 7) is 0.449. The first-order chi connectivity index (χ1) is 13.1. The van der Waals surface area contributed by atoms with Crippen LogP contribution in [-0.4, -0.2) is 45.0 Å². The van der Waals surface area contributed by atoms with Gasteiger partial charge in [-0.1, -0.05) is 12.1 Å². The summed E-state index contributed by atoms with van der Waals surface area (Å²) in [6.07, 6.45) is 0. The lowest BCUT2D eigenvalue weighted by Crippen LogP contribution is -2.27. The van der Waals surface area contributed by atoms with Crippen molar-refractivity contribution in [1.82, 2.24) is 4.90 Å². The van der Waals surface area contributed by atoms with Crippen molar-refractivity contribution in [2.75, 3.05) is 34.2 Å². The smallest absolute Gasteiger partial charge is 0.234 e. The molecule has 1 atom stereocenters. The Hall–Kier alpha value is -2.54. The molecule has 0 N–H and O–H groups in total. The molecule has 0 aliphatic carbocycles. The van der Waals surface area contributed by atoms with Crippen LogP contribution in [0.15, 0.2) is 36.4 Å². The lowest BCUT2D eigenvalue weighted by Gasteiger charge is -2.25. The highest BCUT2D eigenvalue weighted by atomic mass is 32.2. The van der Waals surface area contributed by atoms with Crippen molar-refractivity contribution in [2.24, 2.45) is 0 Å². The molecular weight excluding hydrogens is 366 g/mol. The highest BCUT2D eigenvalue weighted by Gasteiger charge is 2.33. The predicted molar refractivity (Wildman–Crippen MR) is 105 cm³/mol. The van der Waals surface area contributed by atoms with Crippen LogP contribution in [0.4, 0.5) is 0 Å². The van der Waals surface area contributed by atoms with Crippen molar-refractivity contribution in [1.29, 1.82) is 0 Å². The number of thioether (sulfide) groups is 1. The minimum Gasteiger partial charge on any atom is -0.497 e. The van der Waals surface area contributed by atoms with Crippen molar-refractivity contribution >= 4 is 17.7 Å². The van der Waals surface area contributed by atoms with Crippen LogP contribution >= 0.6 is 11.8 Å². The molecule has 1 amide bonds. The maximum atomic E-state index is 12.5. The van der Waals surface area contributed by atoms with Crippen LogP contribution < -0.4 is 18.9 Å². The zero-order chi connectivity index (χ0) is 19.4. The third kappa shape index (κ3) is 3.93. The summed E-state index contributed by atoms with van der Waals surface area (Å²) in [7, 11) is 6.37. The number of hydrogen-bond donors (Lipinski definition) is 0.